The van der Waals surface area contributed by atoms with Crippen molar-refractivity contribution in [3.05, 3.63) is 76.2 Å². The molecule has 0 bridgehead atoms. The van der Waals surface area contributed by atoms with Gasteiger partial charge in [-0.25, -0.2) is 0 Å². The van der Waals surface area contributed by atoms with Crippen molar-refractivity contribution in [1.29, 1.82) is 0 Å². The zero-order valence-electron chi connectivity index (χ0n) is 9.75. The van der Waals surface area contributed by atoms with Gasteiger partial charge in [-0.15, -0.1) is 0 Å². The first-order chi connectivity index (χ1) is 8.74. The summed E-state index contributed by atoms with van der Waals surface area (Å²) in [7, 11) is -0.990. The molecule has 92 valence electrons. The number of hydrogen-bond acceptors (Lipinski definition) is 1. The first-order valence-corrected chi connectivity index (χ1v) is 7.35. The van der Waals surface area contributed by atoms with Crippen molar-refractivity contribution in [2.75, 3.05) is 0 Å². The molecule has 0 heterocycles. The molecule has 1 nitrogen and oxygen atoms in total. The van der Waals surface area contributed by atoms with Crippen molar-refractivity contribution in [1.82, 2.24) is 0 Å². The largest absolute Gasteiger partial charge is 0.255 e. The number of benzene rings is 2. The first-order valence-electron chi connectivity index (χ1n) is 5.59. The van der Waals surface area contributed by atoms with Crippen LogP contribution in [0.4, 0.5) is 0 Å². The maximum Gasteiger partial charge on any atom is 0.0526 e. The van der Waals surface area contributed by atoms with Crippen LogP contribution in [0, 0.1) is 0 Å². The Kier molecular flexibility index (Phi) is 4.73. The fourth-order valence-electron chi connectivity index (χ4n) is 1.51. The predicted octanol–water partition coefficient (Wildman–Crippen LogP) is 4.26. The summed E-state index contributed by atoms with van der Waals surface area (Å²) in [5, 5.41) is 2.42. The van der Waals surface area contributed by atoms with E-state index < -0.39 is 10.8 Å². The van der Waals surface area contributed by atoms with Gasteiger partial charge in [-0.05, 0) is 29.3 Å². The van der Waals surface area contributed by atoms with Crippen molar-refractivity contribution < 1.29 is 4.21 Å². The van der Waals surface area contributed by atoms with E-state index in [2.05, 4.69) is 0 Å². The highest BCUT2D eigenvalue weighted by atomic mass is 35.5. The first kappa shape index (κ1) is 13.1. The summed E-state index contributed by atoms with van der Waals surface area (Å²) in [5.41, 5.74) is 2.08. The fraction of sp³-hybridized carbons (Fsp3) is 0.0667. The third kappa shape index (κ3) is 4.13. The zero-order chi connectivity index (χ0) is 12.8. The van der Waals surface area contributed by atoms with E-state index in [4.69, 9.17) is 11.6 Å². The molecule has 3 heteroatoms. The molecule has 2 rings (SSSR count). The van der Waals surface area contributed by atoms with E-state index in [9.17, 15) is 4.21 Å². The van der Waals surface area contributed by atoms with Crippen molar-refractivity contribution in [3.63, 3.8) is 0 Å². The van der Waals surface area contributed by atoms with Gasteiger partial charge < -0.3 is 0 Å². The summed E-state index contributed by atoms with van der Waals surface area (Å²) >= 11 is 5.80. The van der Waals surface area contributed by atoms with E-state index in [0.717, 1.165) is 11.1 Å². The second-order valence-corrected chi connectivity index (χ2v) is 5.62. The lowest BCUT2D eigenvalue weighted by molar-refractivity contribution is 0.688. The average molecular weight is 277 g/mol. The highest BCUT2D eigenvalue weighted by Crippen LogP contribution is 2.11. The summed E-state index contributed by atoms with van der Waals surface area (Å²) < 4.78 is 11.9. The minimum Gasteiger partial charge on any atom is -0.255 e. The topological polar surface area (TPSA) is 17.1 Å². The van der Waals surface area contributed by atoms with Gasteiger partial charge in [0.2, 0.25) is 0 Å². The number of hydrogen-bond donors (Lipinski definition) is 0. The summed E-state index contributed by atoms with van der Waals surface area (Å²) in [6.45, 7) is 0. The summed E-state index contributed by atoms with van der Waals surface area (Å²) in [6, 6.07) is 17.3. The van der Waals surface area contributed by atoms with E-state index in [1.54, 1.807) is 5.41 Å². The van der Waals surface area contributed by atoms with Crippen LogP contribution in [-0.4, -0.2) is 4.21 Å². The van der Waals surface area contributed by atoms with Crippen LogP contribution in [0.5, 0.6) is 0 Å². The van der Waals surface area contributed by atoms with Gasteiger partial charge in [0, 0.05) is 10.4 Å². The number of rotatable bonds is 4. The third-order valence-corrected chi connectivity index (χ3v) is 3.74. The van der Waals surface area contributed by atoms with Crippen LogP contribution in [0.15, 0.2) is 60.0 Å². The maximum absolute atomic E-state index is 11.9. The van der Waals surface area contributed by atoms with Crippen molar-refractivity contribution in [2.45, 2.75) is 5.75 Å². The van der Waals surface area contributed by atoms with Crippen LogP contribution in [-0.2, 0) is 16.6 Å². The van der Waals surface area contributed by atoms with E-state index in [-0.39, 0.29) is 0 Å². The minimum atomic E-state index is -0.990. The average Bonchev–Trinajstić information content (AvgIpc) is 2.39. The van der Waals surface area contributed by atoms with E-state index >= 15 is 0 Å². The molecule has 0 amide bonds. The molecular formula is C15H13ClOS. The van der Waals surface area contributed by atoms with Crippen LogP contribution in [0.2, 0.25) is 5.02 Å². The summed E-state index contributed by atoms with van der Waals surface area (Å²) in [5.74, 6) is 0.547. The number of halogens is 1. The molecule has 0 aromatic heterocycles. The maximum atomic E-state index is 11.9. The SMILES string of the molecule is O=S(/C=C\c1ccc(Cl)cc1)Cc1ccccc1. The van der Waals surface area contributed by atoms with Gasteiger partial charge in [0.15, 0.2) is 0 Å². The van der Waals surface area contributed by atoms with Crippen LogP contribution in [0.1, 0.15) is 11.1 Å². The fourth-order valence-corrected chi connectivity index (χ4v) is 2.57. The Bertz CT molecular complexity index is 546. The van der Waals surface area contributed by atoms with Crippen molar-refractivity contribution >= 4 is 28.5 Å². The Hall–Kier alpha value is -1.38. The molecule has 18 heavy (non-hydrogen) atoms. The summed E-state index contributed by atoms with van der Waals surface area (Å²) in [4.78, 5) is 0. The van der Waals surface area contributed by atoms with Gasteiger partial charge in [-0.2, -0.15) is 0 Å². The zero-order valence-corrected chi connectivity index (χ0v) is 11.3. The molecule has 1 atom stereocenters. The monoisotopic (exact) mass is 276 g/mol. The molecule has 0 N–H and O–H groups in total. The molecule has 0 saturated carbocycles. The minimum absolute atomic E-state index is 0.547. The molecule has 2 aromatic rings. The third-order valence-electron chi connectivity index (χ3n) is 2.43. The lowest BCUT2D eigenvalue weighted by atomic mass is 10.2. The van der Waals surface area contributed by atoms with Gasteiger partial charge >= 0.3 is 0 Å². The molecule has 1 unspecified atom stereocenters. The van der Waals surface area contributed by atoms with E-state index in [1.807, 2.05) is 60.7 Å². The molecule has 0 radical (unpaired) electrons. The highest BCUT2D eigenvalue weighted by molar-refractivity contribution is 7.87. The standard InChI is InChI=1S/C15H13ClOS/c16-15-8-6-13(7-9-15)10-11-18(17)12-14-4-2-1-3-5-14/h1-11H,12H2/b11-10-. The van der Waals surface area contributed by atoms with Gasteiger partial charge in [0.25, 0.3) is 0 Å². The predicted molar refractivity (Wildman–Crippen MR) is 78.8 cm³/mol. The van der Waals surface area contributed by atoms with Gasteiger partial charge in [-0.1, -0.05) is 54.1 Å². The molecule has 0 aliphatic rings. The lowest BCUT2D eigenvalue weighted by Gasteiger charge is -1.97. The van der Waals surface area contributed by atoms with Gasteiger partial charge in [-0.3, -0.25) is 4.21 Å². The second kappa shape index (κ2) is 6.53. The van der Waals surface area contributed by atoms with Crippen LogP contribution in [0.25, 0.3) is 6.08 Å². The summed E-state index contributed by atoms with van der Waals surface area (Å²) in [6.07, 6.45) is 1.86. The normalized spacial score (nSPS) is 12.7. The van der Waals surface area contributed by atoms with E-state index in [1.165, 1.54) is 0 Å². The second-order valence-electron chi connectivity index (χ2n) is 3.86. The lowest BCUT2D eigenvalue weighted by Crippen LogP contribution is -1.90. The Morgan fingerprint density at radius 1 is 1.00 bits per heavy atom. The quantitative estimate of drug-likeness (QED) is 0.815. The molecule has 0 saturated heterocycles. The van der Waals surface area contributed by atoms with Crippen LogP contribution in [0.3, 0.4) is 0 Å². The van der Waals surface area contributed by atoms with Crippen molar-refractivity contribution in [3.8, 4) is 0 Å². The molecular weight excluding hydrogens is 264 g/mol. The van der Waals surface area contributed by atoms with Crippen molar-refractivity contribution in [2.24, 2.45) is 0 Å². The smallest absolute Gasteiger partial charge is 0.0526 e. The molecule has 0 aliphatic heterocycles. The molecule has 0 fully saturated rings. The van der Waals surface area contributed by atoms with Gasteiger partial charge in [0.05, 0.1) is 16.6 Å². The Morgan fingerprint density at radius 2 is 1.67 bits per heavy atom. The Morgan fingerprint density at radius 3 is 2.33 bits per heavy atom. The highest BCUT2D eigenvalue weighted by Gasteiger charge is 1.97. The molecule has 2 aromatic carbocycles. The van der Waals surface area contributed by atoms with Crippen LogP contribution >= 0.6 is 11.6 Å². The molecule has 0 spiro atoms. The molecule has 0 aliphatic carbocycles. The Balaban J connectivity index is 1.97. The van der Waals surface area contributed by atoms with Gasteiger partial charge in [0.1, 0.15) is 0 Å². The van der Waals surface area contributed by atoms with E-state index in [0.29, 0.717) is 10.8 Å². The van der Waals surface area contributed by atoms with Crippen LogP contribution < -0.4 is 0 Å². The Labute approximate surface area is 115 Å².